The van der Waals surface area contributed by atoms with Crippen molar-refractivity contribution in [2.75, 3.05) is 6.54 Å². The summed E-state index contributed by atoms with van der Waals surface area (Å²) in [5.74, 6) is -0.0782. The van der Waals surface area contributed by atoms with Gasteiger partial charge in [0.2, 0.25) is 0 Å². The Morgan fingerprint density at radius 1 is 1.13 bits per heavy atom. The average molecular weight is 420 g/mol. The predicted molar refractivity (Wildman–Crippen MR) is 116 cm³/mol. The normalized spacial score (nSPS) is 17.5. The molecule has 1 fully saturated rings. The van der Waals surface area contributed by atoms with Crippen molar-refractivity contribution < 1.29 is 9.72 Å². The van der Waals surface area contributed by atoms with E-state index in [0.717, 1.165) is 16.0 Å². The molecule has 0 spiro atoms. The van der Waals surface area contributed by atoms with Crippen molar-refractivity contribution in [3.8, 4) is 0 Å². The van der Waals surface area contributed by atoms with Crippen molar-refractivity contribution in [2.45, 2.75) is 19.6 Å². The molecule has 0 unspecified atom stereocenters. The highest BCUT2D eigenvalue weighted by Gasteiger charge is 2.39. The van der Waals surface area contributed by atoms with Crippen LogP contribution in [0.15, 0.2) is 77.2 Å². The van der Waals surface area contributed by atoms with Crippen LogP contribution in [-0.2, 0) is 11.3 Å². The fourth-order valence-corrected chi connectivity index (χ4v) is 4.32. The van der Waals surface area contributed by atoms with Gasteiger partial charge in [0.25, 0.3) is 11.6 Å². The monoisotopic (exact) mass is 420 g/mol. The van der Waals surface area contributed by atoms with Crippen molar-refractivity contribution in [3.05, 3.63) is 98.2 Å². The molecular weight excluding hydrogens is 400 g/mol. The van der Waals surface area contributed by atoms with Crippen LogP contribution in [0.2, 0.25) is 0 Å². The summed E-state index contributed by atoms with van der Waals surface area (Å²) < 4.78 is 0. The first-order valence-corrected chi connectivity index (χ1v) is 10.3. The van der Waals surface area contributed by atoms with E-state index in [4.69, 9.17) is 0 Å². The molecule has 1 aliphatic rings. The van der Waals surface area contributed by atoms with Crippen LogP contribution >= 0.6 is 11.3 Å². The number of hydrazone groups is 1. The van der Waals surface area contributed by atoms with Crippen molar-refractivity contribution in [2.24, 2.45) is 5.10 Å². The summed E-state index contributed by atoms with van der Waals surface area (Å²) in [4.78, 5) is 26.5. The molecule has 1 aromatic heterocycles. The molecule has 0 radical (unpaired) electrons. The summed E-state index contributed by atoms with van der Waals surface area (Å²) in [5.41, 5.74) is 2.51. The summed E-state index contributed by atoms with van der Waals surface area (Å²) in [7, 11) is 0. The zero-order valence-corrected chi connectivity index (χ0v) is 17.2. The van der Waals surface area contributed by atoms with Gasteiger partial charge < -0.3 is 0 Å². The van der Waals surface area contributed by atoms with Crippen LogP contribution in [0.25, 0.3) is 0 Å². The molecule has 1 amide bonds. The maximum Gasteiger partial charge on any atom is 0.269 e. The SMILES string of the molecule is C/C(=N/N1C(=O)CN(Cc2ccccc2)[C@@H]1c1cccs1)c1ccc([N+](=O)[O-])cc1. The van der Waals surface area contributed by atoms with Gasteiger partial charge in [-0.2, -0.15) is 5.10 Å². The lowest BCUT2D eigenvalue weighted by Crippen LogP contribution is -2.28. The third kappa shape index (κ3) is 4.14. The van der Waals surface area contributed by atoms with Gasteiger partial charge in [0.15, 0.2) is 0 Å². The Kier molecular flexibility index (Phi) is 5.69. The van der Waals surface area contributed by atoms with E-state index in [-0.39, 0.29) is 24.3 Å². The molecule has 0 saturated carbocycles. The molecule has 1 atom stereocenters. The van der Waals surface area contributed by atoms with Crippen molar-refractivity contribution >= 4 is 28.6 Å². The minimum Gasteiger partial charge on any atom is -0.271 e. The first-order valence-electron chi connectivity index (χ1n) is 9.46. The number of nitro benzene ring substituents is 1. The van der Waals surface area contributed by atoms with Crippen LogP contribution in [0, 0.1) is 10.1 Å². The minimum absolute atomic E-state index is 0.0225. The first-order chi connectivity index (χ1) is 14.5. The van der Waals surface area contributed by atoms with E-state index in [1.54, 1.807) is 30.4 Å². The topological polar surface area (TPSA) is 79.0 Å². The molecule has 1 saturated heterocycles. The fourth-order valence-electron chi connectivity index (χ4n) is 3.48. The summed E-state index contributed by atoms with van der Waals surface area (Å²) in [6.07, 6.45) is -0.286. The number of nitrogens with zero attached hydrogens (tertiary/aromatic N) is 4. The zero-order chi connectivity index (χ0) is 21.1. The number of non-ortho nitro benzene ring substituents is 1. The quantitative estimate of drug-likeness (QED) is 0.336. The van der Waals surface area contributed by atoms with Gasteiger partial charge in [0.05, 0.1) is 17.2 Å². The summed E-state index contributed by atoms with van der Waals surface area (Å²) in [5, 5.41) is 19.0. The molecule has 3 aromatic rings. The molecule has 4 rings (SSSR count). The minimum atomic E-state index is -0.436. The van der Waals surface area contributed by atoms with Gasteiger partial charge in [-0.15, -0.1) is 11.3 Å². The lowest BCUT2D eigenvalue weighted by molar-refractivity contribution is -0.384. The second-order valence-electron chi connectivity index (χ2n) is 7.01. The maximum atomic E-state index is 12.9. The molecule has 0 aliphatic carbocycles. The Hall–Kier alpha value is -3.36. The average Bonchev–Trinajstić information content (AvgIpc) is 3.37. The van der Waals surface area contributed by atoms with Gasteiger partial charge in [-0.25, -0.2) is 5.01 Å². The van der Waals surface area contributed by atoms with Gasteiger partial charge in [-0.1, -0.05) is 36.4 Å². The Balaban J connectivity index is 1.64. The second kappa shape index (κ2) is 8.56. The molecule has 1 aliphatic heterocycles. The first kappa shape index (κ1) is 19.9. The van der Waals surface area contributed by atoms with E-state index < -0.39 is 4.92 Å². The number of carbonyl (C=O) groups is 1. The largest absolute Gasteiger partial charge is 0.271 e. The smallest absolute Gasteiger partial charge is 0.269 e. The highest BCUT2D eigenvalue weighted by Crippen LogP contribution is 2.35. The Morgan fingerprint density at radius 3 is 2.50 bits per heavy atom. The van der Waals surface area contributed by atoms with Gasteiger partial charge in [-0.3, -0.25) is 19.8 Å². The number of hydrogen-bond acceptors (Lipinski definition) is 6. The maximum absolute atomic E-state index is 12.9. The standard InChI is InChI=1S/C22H20N4O3S/c1-16(18-9-11-19(12-10-18)26(28)29)23-25-21(27)15-24(14-17-6-3-2-4-7-17)22(25)20-8-5-13-30-20/h2-13,22H,14-15H2,1H3/b23-16-/t22-/m0/s1. The van der Waals surface area contributed by atoms with Crippen LogP contribution in [0.1, 0.15) is 29.1 Å². The van der Waals surface area contributed by atoms with E-state index in [1.165, 1.54) is 17.1 Å². The number of amides is 1. The highest BCUT2D eigenvalue weighted by molar-refractivity contribution is 7.10. The Bertz CT molecular complexity index is 1070. The van der Waals surface area contributed by atoms with E-state index in [9.17, 15) is 14.9 Å². The molecule has 0 N–H and O–H groups in total. The summed E-state index contributed by atoms with van der Waals surface area (Å²) in [6.45, 7) is 2.71. The molecular formula is C22H20N4O3S. The Morgan fingerprint density at radius 2 is 1.87 bits per heavy atom. The number of rotatable bonds is 6. The molecule has 2 heterocycles. The second-order valence-corrected chi connectivity index (χ2v) is 7.99. The third-order valence-corrected chi connectivity index (χ3v) is 5.86. The fraction of sp³-hybridized carbons (Fsp3) is 0.182. The molecule has 2 aromatic carbocycles. The number of thiophene rings is 1. The highest BCUT2D eigenvalue weighted by atomic mass is 32.1. The molecule has 7 nitrogen and oxygen atoms in total. The molecule has 0 bridgehead atoms. The van der Waals surface area contributed by atoms with Gasteiger partial charge in [0.1, 0.15) is 6.17 Å². The Labute approximate surface area is 178 Å². The van der Waals surface area contributed by atoms with E-state index in [0.29, 0.717) is 12.3 Å². The number of carbonyl (C=O) groups excluding carboxylic acids is 1. The van der Waals surface area contributed by atoms with Crippen molar-refractivity contribution in [3.63, 3.8) is 0 Å². The van der Waals surface area contributed by atoms with Crippen molar-refractivity contribution in [1.82, 2.24) is 9.91 Å². The zero-order valence-electron chi connectivity index (χ0n) is 16.3. The van der Waals surface area contributed by atoms with Crippen LogP contribution in [0.4, 0.5) is 5.69 Å². The lowest BCUT2D eigenvalue weighted by atomic mass is 10.1. The van der Waals surface area contributed by atoms with E-state index in [1.807, 2.05) is 47.8 Å². The third-order valence-electron chi connectivity index (χ3n) is 4.95. The van der Waals surface area contributed by atoms with E-state index >= 15 is 0 Å². The number of benzene rings is 2. The van der Waals surface area contributed by atoms with Crippen LogP contribution < -0.4 is 0 Å². The lowest BCUT2D eigenvalue weighted by Gasteiger charge is -2.26. The van der Waals surface area contributed by atoms with Crippen LogP contribution in [0.3, 0.4) is 0 Å². The number of hydrogen-bond donors (Lipinski definition) is 0. The number of nitro groups is 1. The van der Waals surface area contributed by atoms with Gasteiger partial charge in [-0.05, 0) is 41.6 Å². The van der Waals surface area contributed by atoms with E-state index in [2.05, 4.69) is 10.0 Å². The molecule has 152 valence electrons. The van der Waals surface area contributed by atoms with Gasteiger partial charge >= 0.3 is 0 Å². The summed E-state index contributed by atoms with van der Waals surface area (Å²) in [6, 6.07) is 20.2. The molecule has 8 heteroatoms. The summed E-state index contributed by atoms with van der Waals surface area (Å²) >= 11 is 1.59. The van der Waals surface area contributed by atoms with Crippen LogP contribution in [-0.4, -0.2) is 33.0 Å². The van der Waals surface area contributed by atoms with Gasteiger partial charge in [0, 0.05) is 23.6 Å². The van der Waals surface area contributed by atoms with Crippen molar-refractivity contribution in [1.29, 1.82) is 0 Å². The predicted octanol–water partition coefficient (Wildman–Crippen LogP) is 4.42. The molecule has 30 heavy (non-hydrogen) atoms. The van der Waals surface area contributed by atoms with Crippen LogP contribution in [0.5, 0.6) is 0 Å².